The molecular weight excluding hydrogens is 566 g/mol. The van der Waals surface area contributed by atoms with Gasteiger partial charge in [-0.15, -0.1) is 0 Å². The van der Waals surface area contributed by atoms with Crippen LogP contribution in [-0.4, -0.2) is 83.4 Å². The number of methoxy groups -OCH3 is 3. The van der Waals surface area contributed by atoms with E-state index in [0.717, 1.165) is 0 Å². The highest BCUT2D eigenvalue weighted by atomic mass is 19.4. The molecule has 0 aliphatic carbocycles. The van der Waals surface area contributed by atoms with Crippen molar-refractivity contribution in [3.8, 4) is 17.6 Å². The minimum atomic E-state index is -4.43. The number of piperidine rings is 1. The summed E-state index contributed by atoms with van der Waals surface area (Å²) in [6.45, 7) is 2.27. The molecule has 2 atom stereocenters. The fourth-order valence-electron chi connectivity index (χ4n) is 5.09. The maximum absolute atomic E-state index is 15.1. The number of alkyl halides is 4. The van der Waals surface area contributed by atoms with Crippen molar-refractivity contribution in [2.75, 3.05) is 64.7 Å². The molecule has 0 radical (unpaired) electrons. The standard InChI is InChI=1S/C32H35F4N3O4/c1-41-15-14-39-13-11-28(26(33)20-39)38-27-8-4-6-22-16-24(19-32(34,35)36)21(17-25(22)27)7-5-12-37-29-10-9-23(31(40)43-3)18-30(29)42-2/h4,6,8-10,16-18,26,28,37-38H,11-15,19-20H2,1-3H3/t26-,28+/m1/s1. The SMILES string of the molecule is COCCN1CC[C@H](Nc2cccc3cc(CC(F)(F)F)c(C#CCNc4ccc(C(=O)OC)cc4OC)cc23)[C@H](F)C1. The number of ether oxygens (including phenoxy) is 3. The number of rotatable bonds is 10. The van der Waals surface area contributed by atoms with E-state index in [9.17, 15) is 18.0 Å². The number of fused-ring (bicyclic) bond motifs is 1. The van der Waals surface area contributed by atoms with Crippen LogP contribution in [0.2, 0.25) is 0 Å². The highest BCUT2D eigenvalue weighted by molar-refractivity contribution is 5.95. The number of anilines is 2. The van der Waals surface area contributed by atoms with E-state index in [1.807, 2.05) is 4.90 Å². The molecule has 230 valence electrons. The molecular formula is C32H35F4N3O4. The van der Waals surface area contributed by atoms with Gasteiger partial charge in [-0.3, -0.25) is 4.90 Å². The number of halogens is 4. The van der Waals surface area contributed by atoms with Gasteiger partial charge in [-0.2, -0.15) is 13.2 Å². The van der Waals surface area contributed by atoms with Crippen molar-refractivity contribution in [1.29, 1.82) is 0 Å². The second kappa shape index (κ2) is 14.4. The zero-order valence-electron chi connectivity index (χ0n) is 24.3. The Hall–Kier alpha value is -4.01. The van der Waals surface area contributed by atoms with E-state index in [2.05, 4.69) is 22.5 Å². The molecule has 1 aliphatic rings. The van der Waals surface area contributed by atoms with Crippen molar-refractivity contribution in [2.45, 2.75) is 31.2 Å². The normalized spacial score (nSPS) is 17.2. The predicted molar refractivity (Wildman–Crippen MR) is 159 cm³/mol. The molecule has 7 nitrogen and oxygen atoms in total. The summed E-state index contributed by atoms with van der Waals surface area (Å²) in [6, 6.07) is 12.7. The topological polar surface area (TPSA) is 72.1 Å². The molecule has 0 aromatic heterocycles. The summed E-state index contributed by atoms with van der Waals surface area (Å²) in [5.74, 6) is 5.67. The molecule has 4 rings (SSSR count). The van der Waals surface area contributed by atoms with Crippen molar-refractivity contribution in [3.63, 3.8) is 0 Å². The second-order valence-corrected chi connectivity index (χ2v) is 10.2. The first kappa shape index (κ1) is 31.9. The summed E-state index contributed by atoms with van der Waals surface area (Å²) in [4.78, 5) is 13.8. The number of esters is 1. The molecule has 43 heavy (non-hydrogen) atoms. The van der Waals surface area contributed by atoms with Gasteiger partial charge in [-0.05, 0) is 53.8 Å². The number of hydrogen-bond donors (Lipinski definition) is 2. The third-order valence-corrected chi connectivity index (χ3v) is 7.29. The molecule has 11 heteroatoms. The van der Waals surface area contributed by atoms with Crippen LogP contribution in [0.4, 0.5) is 28.9 Å². The molecule has 1 fully saturated rings. The Labute approximate surface area is 248 Å². The number of benzene rings is 3. The van der Waals surface area contributed by atoms with Gasteiger partial charge in [0.1, 0.15) is 11.9 Å². The molecule has 3 aromatic rings. The van der Waals surface area contributed by atoms with Crippen molar-refractivity contribution in [2.24, 2.45) is 0 Å². The minimum absolute atomic E-state index is 0.0551. The predicted octanol–water partition coefficient (Wildman–Crippen LogP) is 5.67. The lowest BCUT2D eigenvalue weighted by Crippen LogP contribution is -2.48. The number of nitrogens with one attached hydrogen (secondary N) is 2. The first-order valence-electron chi connectivity index (χ1n) is 13.8. The van der Waals surface area contributed by atoms with Gasteiger partial charge in [0.15, 0.2) is 0 Å². The molecule has 0 unspecified atom stereocenters. The largest absolute Gasteiger partial charge is 0.495 e. The highest BCUT2D eigenvalue weighted by Gasteiger charge is 2.30. The van der Waals surface area contributed by atoms with Crippen molar-refractivity contribution >= 4 is 28.1 Å². The lowest BCUT2D eigenvalue weighted by Gasteiger charge is -2.35. The number of hydrogen-bond acceptors (Lipinski definition) is 7. The maximum atomic E-state index is 15.1. The molecule has 2 N–H and O–H groups in total. The fourth-order valence-corrected chi connectivity index (χ4v) is 5.09. The number of nitrogens with zero attached hydrogens (tertiary/aromatic N) is 1. The van der Waals surface area contributed by atoms with Crippen LogP contribution >= 0.6 is 0 Å². The summed E-state index contributed by atoms with van der Waals surface area (Å²) in [5, 5.41) is 7.65. The van der Waals surface area contributed by atoms with Gasteiger partial charge in [0.2, 0.25) is 0 Å². The maximum Gasteiger partial charge on any atom is 0.393 e. The van der Waals surface area contributed by atoms with Gasteiger partial charge in [0, 0.05) is 43.4 Å². The van der Waals surface area contributed by atoms with Gasteiger partial charge in [-0.25, -0.2) is 9.18 Å². The Balaban J connectivity index is 1.57. The summed E-state index contributed by atoms with van der Waals surface area (Å²) in [5.41, 5.74) is 1.80. The Morgan fingerprint density at radius 1 is 1.09 bits per heavy atom. The molecule has 0 spiro atoms. The second-order valence-electron chi connectivity index (χ2n) is 10.2. The Bertz CT molecular complexity index is 1490. The summed E-state index contributed by atoms with van der Waals surface area (Å²) >= 11 is 0. The van der Waals surface area contributed by atoms with Gasteiger partial charge >= 0.3 is 12.1 Å². The monoisotopic (exact) mass is 601 g/mol. The smallest absolute Gasteiger partial charge is 0.393 e. The van der Waals surface area contributed by atoms with Crippen molar-refractivity contribution in [1.82, 2.24) is 4.90 Å². The molecule has 0 bridgehead atoms. The summed E-state index contributed by atoms with van der Waals surface area (Å²) < 4.78 is 70.7. The van der Waals surface area contributed by atoms with Crippen molar-refractivity contribution < 1.29 is 36.6 Å². The van der Waals surface area contributed by atoms with Crippen LogP contribution in [-0.2, 0) is 15.9 Å². The molecule has 1 saturated heterocycles. The van der Waals surface area contributed by atoms with E-state index in [-0.39, 0.29) is 24.2 Å². The van der Waals surface area contributed by atoms with Crippen molar-refractivity contribution in [3.05, 3.63) is 65.2 Å². The van der Waals surface area contributed by atoms with Gasteiger partial charge in [-0.1, -0.05) is 24.0 Å². The van der Waals surface area contributed by atoms with Crippen LogP contribution in [0.25, 0.3) is 10.8 Å². The number of carbonyl (C=O) groups excluding carboxylic acids is 1. The molecule has 0 saturated carbocycles. The number of likely N-dealkylation sites (tertiary alicyclic amines) is 1. The third kappa shape index (κ3) is 8.52. The average Bonchev–Trinajstić information content (AvgIpc) is 2.98. The first-order valence-corrected chi connectivity index (χ1v) is 13.8. The van der Waals surface area contributed by atoms with Gasteiger partial charge < -0.3 is 24.8 Å². The van der Waals surface area contributed by atoms with Gasteiger partial charge in [0.25, 0.3) is 0 Å². The fraction of sp³-hybridized carbons (Fsp3) is 0.406. The third-order valence-electron chi connectivity index (χ3n) is 7.29. The zero-order valence-corrected chi connectivity index (χ0v) is 24.3. The molecule has 0 amide bonds. The van der Waals surface area contributed by atoms with E-state index < -0.39 is 30.8 Å². The lowest BCUT2D eigenvalue weighted by atomic mass is 9.96. The Morgan fingerprint density at radius 2 is 1.91 bits per heavy atom. The van der Waals surface area contributed by atoms with Crippen LogP contribution in [0.5, 0.6) is 5.75 Å². The number of carbonyl (C=O) groups is 1. The van der Waals surface area contributed by atoms with Crippen LogP contribution in [0, 0.1) is 11.8 Å². The van der Waals surface area contributed by atoms with E-state index in [4.69, 9.17) is 14.2 Å². The lowest BCUT2D eigenvalue weighted by molar-refractivity contribution is -0.127. The van der Waals surface area contributed by atoms with E-state index >= 15 is 4.39 Å². The minimum Gasteiger partial charge on any atom is -0.495 e. The Morgan fingerprint density at radius 3 is 2.60 bits per heavy atom. The van der Waals surface area contributed by atoms with Gasteiger partial charge in [0.05, 0.1) is 51.1 Å². The molecule has 1 heterocycles. The average molecular weight is 602 g/mol. The highest BCUT2D eigenvalue weighted by Crippen LogP contribution is 2.32. The first-order chi connectivity index (χ1) is 20.6. The quantitative estimate of drug-likeness (QED) is 0.176. The summed E-state index contributed by atoms with van der Waals surface area (Å²) in [7, 11) is 4.34. The Kier molecular flexibility index (Phi) is 10.7. The van der Waals surface area contributed by atoms with E-state index in [1.165, 1.54) is 26.4 Å². The van der Waals surface area contributed by atoms with Crippen LogP contribution in [0.15, 0.2) is 48.5 Å². The molecule has 1 aliphatic heterocycles. The zero-order chi connectivity index (χ0) is 31.0. The molecule has 3 aromatic carbocycles. The van der Waals surface area contributed by atoms with Crippen LogP contribution in [0.3, 0.4) is 0 Å². The van der Waals surface area contributed by atoms with Crippen LogP contribution < -0.4 is 15.4 Å². The summed E-state index contributed by atoms with van der Waals surface area (Å²) in [6.07, 6.45) is -6.09. The van der Waals surface area contributed by atoms with Crippen LogP contribution in [0.1, 0.15) is 27.9 Å². The van der Waals surface area contributed by atoms with E-state index in [1.54, 1.807) is 43.5 Å². The van der Waals surface area contributed by atoms with E-state index in [0.29, 0.717) is 59.6 Å².